The molecule has 0 amide bonds. The van der Waals surface area contributed by atoms with E-state index in [2.05, 4.69) is 53.7 Å². The van der Waals surface area contributed by atoms with Gasteiger partial charge in [0.25, 0.3) is 0 Å². The molecule has 0 heteroatoms. The SMILES string of the molecule is CC(C)(C)[C@@H](C1=CCCCC1)[C@H](C1=CCCCC1)C(C)(C)C. The summed E-state index contributed by atoms with van der Waals surface area (Å²) in [6.07, 6.45) is 16.1. The van der Waals surface area contributed by atoms with E-state index in [-0.39, 0.29) is 0 Å². The molecule has 0 aromatic carbocycles. The summed E-state index contributed by atoms with van der Waals surface area (Å²) >= 11 is 0. The molecule has 0 saturated carbocycles. The zero-order chi connectivity index (χ0) is 16.4. The fourth-order valence-corrected chi connectivity index (χ4v) is 4.83. The number of rotatable bonds is 3. The summed E-state index contributed by atoms with van der Waals surface area (Å²) in [6.45, 7) is 14.8. The zero-order valence-corrected chi connectivity index (χ0v) is 16.0. The molecule has 0 radical (unpaired) electrons. The van der Waals surface area contributed by atoms with Gasteiger partial charge in [0.15, 0.2) is 0 Å². The van der Waals surface area contributed by atoms with Gasteiger partial charge < -0.3 is 0 Å². The van der Waals surface area contributed by atoms with E-state index in [1.54, 1.807) is 11.1 Å². The van der Waals surface area contributed by atoms with Gasteiger partial charge in [-0.3, -0.25) is 0 Å². The van der Waals surface area contributed by atoms with Crippen LogP contribution in [0, 0.1) is 22.7 Å². The van der Waals surface area contributed by atoms with Crippen LogP contribution in [0.1, 0.15) is 92.9 Å². The summed E-state index contributed by atoms with van der Waals surface area (Å²) in [5.74, 6) is 1.41. The van der Waals surface area contributed by atoms with Crippen LogP contribution in [0.15, 0.2) is 23.3 Å². The van der Waals surface area contributed by atoms with Crippen LogP contribution in [0.2, 0.25) is 0 Å². The molecule has 0 saturated heterocycles. The summed E-state index contributed by atoms with van der Waals surface area (Å²) in [4.78, 5) is 0. The molecule has 2 aliphatic carbocycles. The third kappa shape index (κ3) is 4.27. The van der Waals surface area contributed by atoms with Gasteiger partial charge in [0, 0.05) is 0 Å². The number of allylic oxidation sites excluding steroid dienone is 4. The van der Waals surface area contributed by atoms with Gasteiger partial charge >= 0.3 is 0 Å². The first-order chi connectivity index (χ1) is 10.2. The third-order valence-electron chi connectivity index (χ3n) is 5.65. The predicted octanol–water partition coefficient (Wildman–Crippen LogP) is 7.31. The average Bonchev–Trinajstić information content (AvgIpc) is 2.44. The van der Waals surface area contributed by atoms with E-state index < -0.39 is 0 Å². The van der Waals surface area contributed by atoms with Crippen molar-refractivity contribution in [2.75, 3.05) is 0 Å². The molecule has 2 atom stereocenters. The third-order valence-corrected chi connectivity index (χ3v) is 5.65. The van der Waals surface area contributed by atoms with Crippen molar-refractivity contribution in [2.24, 2.45) is 22.7 Å². The number of hydrogen-bond acceptors (Lipinski definition) is 0. The minimum atomic E-state index is 0.347. The first-order valence-electron chi connectivity index (χ1n) is 9.59. The minimum Gasteiger partial charge on any atom is -0.0850 e. The fourth-order valence-electron chi connectivity index (χ4n) is 4.83. The standard InChI is InChI=1S/C22H38/c1-21(2,3)19(17-13-9-7-10-14-17)20(22(4,5)6)18-15-11-8-12-16-18/h13,15,19-20H,7-12,14,16H2,1-6H3/t19-,20-/m0/s1. The molecule has 0 unspecified atom stereocenters. The Morgan fingerprint density at radius 3 is 1.23 bits per heavy atom. The second kappa shape index (κ2) is 6.93. The highest BCUT2D eigenvalue weighted by atomic mass is 14.5. The van der Waals surface area contributed by atoms with E-state index >= 15 is 0 Å². The fraction of sp³-hybridized carbons (Fsp3) is 0.818. The molecule has 22 heavy (non-hydrogen) atoms. The van der Waals surface area contributed by atoms with Crippen LogP contribution >= 0.6 is 0 Å². The summed E-state index contributed by atoms with van der Waals surface area (Å²) < 4.78 is 0. The first-order valence-corrected chi connectivity index (χ1v) is 9.59. The van der Waals surface area contributed by atoms with Gasteiger partial charge in [-0.25, -0.2) is 0 Å². The molecule has 0 aliphatic heterocycles. The monoisotopic (exact) mass is 302 g/mol. The Morgan fingerprint density at radius 2 is 1.00 bits per heavy atom. The Hall–Kier alpha value is -0.520. The summed E-state index contributed by atoms with van der Waals surface area (Å²) in [7, 11) is 0. The maximum Gasteiger partial charge on any atom is -0.00839 e. The van der Waals surface area contributed by atoms with E-state index in [1.807, 2.05) is 0 Å². The van der Waals surface area contributed by atoms with Crippen molar-refractivity contribution in [3.8, 4) is 0 Å². The molecule has 0 heterocycles. The van der Waals surface area contributed by atoms with Gasteiger partial charge in [0.05, 0.1) is 0 Å². The van der Waals surface area contributed by atoms with E-state index in [1.165, 1.54) is 51.4 Å². The van der Waals surface area contributed by atoms with Gasteiger partial charge in [0.2, 0.25) is 0 Å². The molecule has 0 spiro atoms. The predicted molar refractivity (Wildman–Crippen MR) is 99.0 cm³/mol. The molecule has 0 fully saturated rings. The number of hydrogen-bond donors (Lipinski definition) is 0. The van der Waals surface area contributed by atoms with Gasteiger partial charge in [0.1, 0.15) is 0 Å². The van der Waals surface area contributed by atoms with Crippen LogP contribution < -0.4 is 0 Å². The summed E-state index contributed by atoms with van der Waals surface area (Å²) in [6, 6.07) is 0. The minimum absolute atomic E-state index is 0.347. The molecule has 0 aromatic heterocycles. The molecule has 0 N–H and O–H groups in total. The molecular formula is C22H38. The van der Waals surface area contributed by atoms with Gasteiger partial charge in [-0.2, -0.15) is 0 Å². The van der Waals surface area contributed by atoms with Crippen molar-refractivity contribution in [1.29, 1.82) is 0 Å². The summed E-state index contributed by atoms with van der Waals surface area (Å²) in [5, 5.41) is 0. The molecule has 126 valence electrons. The highest BCUT2D eigenvalue weighted by Gasteiger charge is 2.42. The lowest BCUT2D eigenvalue weighted by Gasteiger charge is -2.47. The highest BCUT2D eigenvalue weighted by Crippen LogP contribution is 2.51. The molecule has 0 bridgehead atoms. The molecule has 0 aromatic rings. The lowest BCUT2D eigenvalue weighted by molar-refractivity contribution is 0.116. The summed E-state index contributed by atoms with van der Waals surface area (Å²) in [5.41, 5.74) is 4.23. The van der Waals surface area contributed by atoms with Crippen molar-refractivity contribution in [3.63, 3.8) is 0 Å². The molecule has 0 nitrogen and oxygen atoms in total. The van der Waals surface area contributed by atoms with Crippen LogP contribution in [0.3, 0.4) is 0 Å². The second-order valence-electron chi connectivity index (χ2n) is 9.74. The van der Waals surface area contributed by atoms with Crippen LogP contribution in [-0.2, 0) is 0 Å². The van der Waals surface area contributed by atoms with Crippen LogP contribution in [-0.4, -0.2) is 0 Å². The highest BCUT2D eigenvalue weighted by molar-refractivity contribution is 5.23. The second-order valence-corrected chi connectivity index (χ2v) is 9.74. The Kier molecular flexibility index (Phi) is 5.62. The van der Waals surface area contributed by atoms with Crippen molar-refractivity contribution in [2.45, 2.75) is 92.9 Å². The van der Waals surface area contributed by atoms with E-state index in [0.29, 0.717) is 22.7 Å². The van der Waals surface area contributed by atoms with E-state index in [0.717, 1.165) is 0 Å². The van der Waals surface area contributed by atoms with Gasteiger partial charge in [-0.15, -0.1) is 0 Å². The quantitative estimate of drug-likeness (QED) is 0.479. The Bertz CT molecular complexity index is 380. The van der Waals surface area contributed by atoms with Crippen molar-refractivity contribution >= 4 is 0 Å². The lowest BCUT2D eigenvalue weighted by atomic mass is 9.57. The topological polar surface area (TPSA) is 0 Å². The lowest BCUT2D eigenvalue weighted by Crippen LogP contribution is -2.39. The van der Waals surface area contributed by atoms with Crippen LogP contribution in [0.5, 0.6) is 0 Å². The van der Waals surface area contributed by atoms with Crippen LogP contribution in [0.4, 0.5) is 0 Å². The first kappa shape index (κ1) is 17.8. The van der Waals surface area contributed by atoms with E-state index in [4.69, 9.17) is 0 Å². The maximum atomic E-state index is 2.60. The molecular weight excluding hydrogens is 264 g/mol. The van der Waals surface area contributed by atoms with Crippen molar-refractivity contribution < 1.29 is 0 Å². The molecule has 2 aliphatic rings. The Morgan fingerprint density at radius 1 is 0.636 bits per heavy atom. The van der Waals surface area contributed by atoms with Crippen LogP contribution in [0.25, 0.3) is 0 Å². The Labute approximate surface area is 139 Å². The smallest absolute Gasteiger partial charge is 0.00839 e. The van der Waals surface area contributed by atoms with Crippen molar-refractivity contribution in [3.05, 3.63) is 23.3 Å². The largest absolute Gasteiger partial charge is 0.0850 e. The van der Waals surface area contributed by atoms with Gasteiger partial charge in [-0.05, 0) is 74.0 Å². The molecule has 2 rings (SSSR count). The van der Waals surface area contributed by atoms with E-state index in [9.17, 15) is 0 Å². The normalized spacial score (nSPS) is 23.5. The van der Waals surface area contributed by atoms with Gasteiger partial charge in [-0.1, -0.05) is 64.8 Å². The Balaban J connectivity index is 2.43. The average molecular weight is 303 g/mol. The van der Waals surface area contributed by atoms with Crippen molar-refractivity contribution in [1.82, 2.24) is 0 Å². The zero-order valence-electron chi connectivity index (χ0n) is 16.0. The maximum absolute atomic E-state index is 2.60.